The van der Waals surface area contributed by atoms with Crippen molar-refractivity contribution in [1.82, 2.24) is 4.90 Å². The molecule has 10 heteroatoms. The smallest absolute Gasteiger partial charge is 0.326 e. The highest BCUT2D eigenvalue weighted by molar-refractivity contribution is 6.02. The molecular weight excluding hydrogens is 500 g/mol. The van der Waals surface area contributed by atoms with Gasteiger partial charge in [-0.3, -0.25) is 9.79 Å². The number of nitrogens with two attached hydrogens (primary N) is 2. The molecule has 3 atom stereocenters. The molecule has 7 N–H and O–H groups in total. The summed E-state index contributed by atoms with van der Waals surface area (Å²) in [6, 6.07) is 0.267. The van der Waals surface area contributed by atoms with Gasteiger partial charge in [0.05, 0.1) is 18.2 Å². The number of phenolic OH excluding ortho intramolecular Hbond substituents is 1. The minimum absolute atomic E-state index is 0.0333. The molecule has 214 valence electrons. The normalized spacial score (nSPS) is 21.1. The predicted octanol–water partition coefficient (Wildman–Crippen LogP) is 3.38. The minimum atomic E-state index is -1.13. The van der Waals surface area contributed by atoms with Crippen LogP contribution in [0.25, 0.3) is 0 Å². The molecule has 0 unspecified atom stereocenters. The molecule has 10 nitrogen and oxygen atoms in total. The van der Waals surface area contributed by atoms with Crippen LogP contribution in [0.15, 0.2) is 34.4 Å². The van der Waals surface area contributed by atoms with Crippen molar-refractivity contribution in [3.63, 3.8) is 0 Å². The minimum Gasteiger partial charge on any atom is -0.508 e. The Labute approximate surface area is 230 Å². The summed E-state index contributed by atoms with van der Waals surface area (Å²) in [7, 11) is 0. The predicted molar refractivity (Wildman–Crippen MR) is 150 cm³/mol. The zero-order valence-corrected chi connectivity index (χ0v) is 23.4. The Morgan fingerprint density at radius 1 is 1.26 bits per heavy atom. The van der Waals surface area contributed by atoms with Crippen LogP contribution in [-0.2, 0) is 17.8 Å². The monoisotopic (exact) mass is 542 g/mol. The number of benzene rings is 1. The summed E-state index contributed by atoms with van der Waals surface area (Å²) in [5.41, 5.74) is 13.5. The molecule has 0 saturated carbocycles. The summed E-state index contributed by atoms with van der Waals surface area (Å²) in [6.45, 7) is 8.37. The zero-order chi connectivity index (χ0) is 28.9. The third-order valence-electron chi connectivity index (χ3n) is 7.54. The molecule has 0 aliphatic carbocycles. The lowest BCUT2D eigenvalue weighted by molar-refractivity contribution is -0.142. The number of amides is 1. The highest BCUT2D eigenvalue weighted by atomic mass is 16.5. The standard InChI is InChI=1S/C29H42N4O6/c1-17(2)8-5-9-18(3)10-6-12-29(4)24(35)15-20-23(34)14-19-21(25(20)39-29)16-33(26(19)36)22(27(37)38)11-7-13-32-28(30)31/h8,10,14,22,24,34-35H,5-7,9,11-13,15-16H2,1-4H3,(H,37,38)(H4,30,31,32)/b18-10-/t22-,24-,29-/m0/s1. The summed E-state index contributed by atoms with van der Waals surface area (Å²) >= 11 is 0. The number of aromatic hydroxyl groups is 1. The van der Waals surface area contributed by atoms with Gasteiger partial charge < -0.3 is 36.4 Å². The van der Waals surface area contributed by atoms with Crippen LogP contribution in [0.5, 0.6) is 11.5 Å². The number of aliphatic hydroxyl groups is 1. The van der Waals surface area contributed by atoms with Crippen LogP contribution >= 0.6 is 0 Å². The van der Waals surface area contributed by atoms with E-state index in [1.165, 1.54) is 22.1 Å². The first-order valence-electron chi connectivity index (χ1n) is 13.5. The van der Waals surface area contributed by atoms with Gasteiger partial charge in [-0.15, -0.1) is 0 Å². The molecule has 1 aromatic rings. The maximum absolute atomic E-state index is 13.3. The number of rotatable bonds is 12. The van der Waals surface area contributed by atoms with Crippen molar-refractivity contribution in [2.24, 2.45) is 16.5 Å². The van der Waals surface area contributed by atoms with Crippen molar-refractivity contribution in [3.8, 4) is 11.5 Å². The van der Waals surface area contributed by atoms with Gasteiger partial charge in [-0.2, -0.15) is 0 Å². The second-order valence-electron chi connectivity index (χ2n) is 11.0. The summed E-state index contributed by atoms with van der Waals surface area (Å²) < 4.78 is 6.39. The molecule has 0 fully saturated rings. The van der Waals surface area contributed by atoms with Crippen LogP contribution in [0, 0.1) is 0 Å². The van der Waals surface area contributed by atoms with Crippen LogP contribution in [-0.4, -0.2) is 62.3 Å². The number of ether oxygens (including phenoxy) is 1. The summed E-state index contributed by atoms with van der Waals surface area (Å²) in [6.07, 6.45) is 7.41. The average Bonchev–Trinajstić information content (AvgIpc) is 3.15. The largest absolute Gasteiger partial charge is 0.508 e. The quantitative estimate of drug-likeness (QED) is 0.116. The lowest BCUT2D eigenvalue weighted by atomic mass is 9.84. The number of fused-ring (bicyclic) bond motifs is 3. The summed E-state index contributed by atoms with van der Waals surface area (Å²) in [4.78, 5) is 30.5. The molecule has 1 amide bonds. The van der Waals surface area contributed by atoms with Crippen molar-refractivity contribution in [2.45, 2.75) is 96.9 Å². The third kappa shape index (κ3) is 7.11. The number of carboxylic acids is 1. The number of allylic oxidation sites excluding steroid dienone is 4. The molecule has 2 heterocycles. The van der Waals surface area contributed by atoms with Crippen molar-refractivity contribution < 1.29 is 29.6 Å². The highest BCUT2D eigenvalue weighted by Gasteiger charge is 2.45. The first kappa shape index (κ1) is 30.0. The second-order valence-corrected chi connectivity index (χ2v) is 11.0. The van der Waals surface area contributed by atoms with E-state index in [4.69, 9.17) is 16.2 Å². The van der Waals surface area contributed by atoms with E-state index in [1.807, 2.05) is 6.92 Å². The van der Waals surface area contributed by atoms with E-state index >= 15 is 0 Å². The van der Waals surface area contributed by atoms with Gasteiger partial charge in [-0.1, -0.05) is 23.3 Å². The lowest BCUT2D eigenvalue weighted by Gasteiger charge is -2.41. The molecule has 3 rings (SSSR count). The number of carboxylic acid groups (broad SMARTS) is 1. The number of nitrogens with zero attached hydrogens (tertiary/aromatic N) is 2. The fraction of sp³-hybridized carbons (Fsp3) is 0.552. The van der Waals surface area contributed by atoms with E-state index in [0.29, 0.717) is 36.1 Å². The van der Waals surface area contributed by atoms with Crippen LogP contribution in [0.2, 0.25) is 0 Å². The number of aliphatic carboxylic acids is 1. The van der Waals surface area contributed by atoms with E-state index in [1.54, 1.807) is 0 Å². The number of carbonyl (C=O) groups excluding carboxylic acids is 1. The molecule has 2 aliphatic heterocycles. The third-order valence-corrected chi connectivity index (χ3v) is 7.54. The summed E-state index contributed by atoms with van der Waals surface area (Å²) in [5, 5.41) is 31.6. The van der Waals surface area contributed by atoms with Crippen LogP contribution in [0.3, 0.4) is 0 Å². The van der Waals surface area contributed by atoms with Crippen LogP contribution in [0.1, 0.15) is 87.7 Å². The zero-order valence-electron chi connectivity index (χ0n) is 23.4. The molecule has 0 saturated heterocycles. The molecule has 0 aromatic heterocycles. The van der Waals surface area contributed by atoms with Crippen molar-refractivity contribution in [3.05, 3.63) is 46.1 Å². The van der Waals surface area contributed by atoms with E-state index in [-0.39, 0.29) is 43.2 Å². The average molecular weight is 543 g/mol. The highest BCUT2D eigenvalue weighted by Crippen LogP contribution is 2.46. The van der Waals surface area contributed by atoms with Gasteiger partial charge in [0, 0.05) is 24.1 Å². The van der Waals surface area contributed by atoms with Crippen molar-refractivity contribution >= 4 is 17.8 Å². The van der Waals surface area contributed by atoms with Crippen LogP contribution in [0.4, 0.5) is 0 Å². The van der Waals surface area contributed by atoms with Crippen LogP contribution < -0.4 is 16.2 Å². The number of hydrogen-bond acceptors (Lipinski definition) is 6. The Kier molecular flexibility index (Phi) is 9.66. The molecular formula is C29H42N4O6. The first-order valence-corrected chi connectivity index (χ1v) is 13.5. The van der Waals surface area contributed by atoms with Gasteiger partial charge in [-0.25, -0.2) is 4.79 Å². The fourth-order valence-electron chi connectivity index (χ4n) is 5.18. The van der Waals surface area contributed by atoms with Gasteiger partial charge in [0.25, 0.3) is 5.91 Å². The molecule has 2 aliphatic rings. The molecule has 0 spiro atoms. The Bertz CT molecular complexity index is 1180. The fourth-order valence-corrected chi connectivity index (χ4v) is 5.18. The molecule has 1 aromatic carbocycles. The second kappa shape index (κ2) is 12.5. The Balaban J connectivity index is 1.80. The van der Waals surface area contributed by atoms with Crippen molar-refractivity contribution in [2.75, 3.05) is 6.54 Å². The van der Waals surface area contributed by atoms with Crippen molar-refractivity contribution in [1.29, 1.82) is 0 Å². The number of aliphatic imine (C=N–C) groups is 1. The molecule has 0 bridgehead atoms. The van der Waals surface area contributed by atoms with E-state index in [2.05, 4.69) is 37.9 Å². The SMILES string of the molecule is CC(C)=CCC/C(C)=C\CC[C@]1(C)Oc2c(c(O)cc3c2CN([C@@H](CCCN=C(N)N)C(=O)O)C3=O)C[C@@H]1O. The van der Waals surface area contributed by atoms with Gasteiger partial charge in [0.1, 0.15) is 23.1 Å². The van der Waals surface area contributed by atoms with E-state index in [0.717, 1.165) is 12.8 Å². The Morgan fingerprint density at radius 3 is 2.62 bits per heavy atom. The van der Waals surface area contributed by atoms with E-state index in [9.17, 15) is 24.9 Å². The topological polar surface area (TPSA) is 172 Å². The lowest BCUT2D eigenvalue weighted by Crippen LogP contribution is -2.49. The molecule has 0 radical (unpaired) electrons. The molecule has 39 heavy (non-hydrogen) atoms. The number of hydrogen-bond donors (Lipinski definition) is 5. The maximum atomic E-state index is 13.3. The number of carbonyl (C=O) groups is 2. The van der Waals surface area contributed by atoms with Gasteiger partial charge in [0.15, 0.2) is 5.96 Å². The summed E-state index contributed by atoms with van der Waals surface area (Å²) in [5.74, 6) is -1.47. The number of aliphatic hydroxyl groups excluding tert-OH is 1. The Morgan fingerprint density at radius 2 is 1.97 bits per heavy atom. The number of phenols is 1. The number of guanidine groups is 1. The maximum Gasteiger partial charge on any atom is 0.326 e. The van der Waals surface area contributed by atoms with E-state index < -0.39 is 29.6 Å². The van der Waals surface area contributed by atoms with Gasteiger partial charge in [0.2, 0.25) is 0 Å². The van der Waals surface area contributed by atoms with Gasteiger partial charge >= 0.3 is 5.97 Å². The first-order chi connectivity index (χ1) is 18.3. The Hall–Kier alpha value is -3.53. The van der Waals surface area contributed by atoms with Gasteiger partial charge in [-0.05, 0) is 72.3 Å².